The van der Waals surface area contributed by atoms with E-state index in [0.29, 0.717) is 6.20 Å². The van der Waals surface area contributed by atoms with Gasteiger partial charge < -0.3 is 4.74 Å². The normalized spacial score (nSPS) is 10.9. The molecule has 0 spiro atoms. The van der Waals surface area contributed by atoms with Gasteiger partial charge in [-0.2, -0.15) is 18.2 Å². The first-order chi connectivity index (χ1) is 9.90. The lowest BCUT2D eigenvalue weighted by molar-refractivity contribution is -0.137. The van der Waals surface area contributed by atoms with Crippen LogP contribution in [0, 0.1) is 0 Å². The lowest BCUT2D eigenvalue weighted by Gasteiger charge is -2.10. The summed E-state index contributed by atoms with van der Waals surface area (Å²) in [7, 11) is 0. The number of nitrogens with zero attached hydrogens (tertiary/aromatic N) is 2. The van der Waals surface area contributed by atoms with Crippen LogP contribution in [-0.4, -0.2) is 11.1 Å². The van der Waals surface area contributed by atoms with Gasteiger partial charge in [0.2, 0.25) is 12.0 Å². The molecule has 4 nitrogen and oxygen atoms in total. The Morgan fingerprint density at radius 2 is 2.05 bits per heavy atom. The molecule has 108 valence electrons. The Balaban J connectivity index is 2.28. The minimum Gasteiger partial charge on any atom is -0.437 e. The van der Waals surface area contributed by atoms with E-state index in [9.17, 15) is 18.0 Å². The fourth-order valence-electron chi connectivity index (χ4n) is 1.44. The number of aromatic nitrogens is 1. The van der Waals surface area contributed by atoms with Gasteiger partial charge in [-0.25, -0.2) is 9.78 Å². The van der Waals surface area contributed by atoms with Crippen molar-refractivity contribution in [3.63, 3.8) is 0 Å². The van der Waals surface area contributed by atoms with Crippen LogP contribution in [-0.2, 0) is 11.0 Å². The number of hydrogen-bond acceptors (Lipinski definition) is 4. The minimum absolute atomic E-state index is 0.183. The molecule has 1 aromatic heterocycles. The highest BCUT2D eigenvalue weighted by molar-refractivity contribution is 6.31. The number of alkyl halides is 3. The van der Waals surface area contributed by atoms with E-state index >= 15 is 0 Å². The maximum Gasteiger partial charge on any atom is 0.417 e. The van der Waals surface area contributed by atoms with E-state index in [4.69, 9.17) is 16.3 Å². The van der Waals surface area contributed by atoms with Gasteiger partial charge in [0.25, 0.3) is 0 Å². The number of isocyanates is 1. The first-order valence-corrected chi connectivity index (χ1v) is 5.86. The third kappa shape index (κ3) is 3.81. The Bertz CT molecular complexity index is 713. The van der Waals surface area contributed by atoms with Crippen molar-refractivity contribution in [2.75, 3.05) is 0 Å². The Hall–Kier alpha value is -2.37. The fourth-order valence-corrected chi connectivity index (χ4v) is 1.64. The average Bonchev–Trinajstić information content (AvgIpc) is 2.41. The summed E-state index contributed by atoms with van der Waals surface area (Å²) in [4.78, 5) is 17.1. The number of pyridine rings is 1. The molecule has 0 amide bonds. The quantitative estimate of drug-likeness (QED) is 0.618. The number of aliphatic imine (C=N–C) groups is 1. The molecule has 0 fully saturated rings. The van der Waals surface area contributed by atoms with Crippen LogP contribution in [0.3, 0.4) is 0 Å². The van der Waals surface area contributed by atoms with Crippen molar-refractivity contribution in [1.29, 1.82) is 0 Å². The van der Waals surface area contributed by atoms with Crippen LogP contribution < -0.4 is 4.74 Å². The van der Waals surface area contributed by atoms with Gasteiger partial charge in [0.05, 0.1) is 11.3 Å². The van der Waals surface area contributed by atoms with E-state index in [2.05, 4.69) is 9.98 Å². The molecule has 0 N–H and O–H groups in total. The highest BCUT2D eigenvalue weighted by atomic mass is 35.5. The minimum atomic E-state index is -4.53. The maximum atomic E-state index is 12.5. The van der Waals surface area contributed by atoms with E-state index in [-0.39, 0.29) is 22.3 Å². The molecule has 0 saturated carbocycles. The fraction of sp³-hybridized carbons (Fsp3) is 0.0769. The molecule has 0 unspecified atom stereocenters. The zero-order valence-corrected chi connectivity index (χ0v) is 10.9. The molecule has 1 heterocycles. The average molecular weight is 315 g/mol. The molecule has 0 aliphatic heterocycles. The van der Waals surface area contributed by atoms with E-state index in [1.807, 2.05) is 0 Å². The molecule has 0 saturated heterocycles. The zero-order valence-electron chi connectivity index (χ0n) is 10.2. The number of rotatable bonds is 3. The second-order valence-corrected chi connectivity index (χ2v) is 4.22. The first-order valence-electron chi connectivity index (χ1n) is 5.48. The molecule has 0 aliphatic rings. The highest BCUT2D eigenvalue weighted by Gasteiger charge is 2.31. The molecule has 0 radical (unpaired) electrons. The Morgan fingerprint density at radius 1 is 1.29 bits per heavy atom. The van der Waals surface area contributed by atoms with Gasteiger partial charge in [0, 0.05) is 12.3 Å². The van der Waals surface area contributed by atoms with Crippen LogP contribution in [0.25, 0.3) is 0 Å². The number of carbonyl (C=O) groups excluding carboxylic acids is 1. The molecule has 21 heavy (non-hydrogen) atoms. The Morgan fingerprint density at radius 3 is 2.67 bits per heavy atom. The zero-order chi connectivity index (χ0) is 15.5. The van der Waals surface area contributed by atoms with Gasteiger partial charge in [0.15, 0.2) is 0 Å². The summed E-state index contributed by atoms with van der Waals surface area (Å²) in [6.07, 6.45) is -2.55. The van der Waals surface area contributed by atoms with Crippen LogP contribution in [0.15, 0.2) is 41.5 Å². The second-order valence-electron chi connectivity index (χ2n) is 3.81. The molecular formula is C13H6ClF3N2O2. The molecule has 1 aromatic carbocycles. The van der Waals surface area contributed by atoms with Crippen molar-refractivity contribution < 1.29 is 22.7 Å². The topological polar surface area (TPSA) is 51.5 Å². The van der Waals surface area contributed by atoms with Gasteiger partial charge in [-0.3, -0.25) is 0 Å². The van der Waals surface area contributed by atoms with E-state index in [0.717, 1.165) is 6.07 Å². The predicted octanol–water partition coefficient (Wildman–Crippen LogP) is 4.51. The molecule has 0 bridgehead atoms. The Labute approximate surface area is 121 Å². The lowest BCUT2D eigenvalue weighted by Crippen LogP contribution is -2.05. The van der Waals surface area contributed by atoms with E-state index in [1.54, 1.807) is 6.07 Å². The molecule has 8 heteroatoms. The van der Waals surface area contributed by atoms with Crippen molar-refractivity contribution in [3.05, 3.63) is 47.1 Å². The maximum absolute atomic E-state index is 12.5. The second kappa shape index (κ2) is 5.95. The summed E-state index contributed by atoms with van der Waals surface area (Å²) in [5, 5.41) is -0.283. The van der Waals surface area contributed by atoms with E-state index < -0.39 is 11.7 Å². The molecule has 2 aromatic rings. The van der Waals surface area contributed by atoms with Crippen LogP contribution >= 0.6 is 11.6 Å². The van der Waals surface area contributed by atoms with Gasteiger partial charge in [0.1, 0.15) is 10.8 Å². The van der Waals surface area contributed by atoms with Crippen molar-refractivity contribution in [2.45, 2.75) is 6.18 Å². The summed E-state index contributed by atoms with van der Waals surface area (Å²) in [6.45, 7) is 0. The molecule has 2 rings (SSSR count). The van der Waals surface area contributed by atoms with Gasteiger partial charge in [-0.1, -0.05) is 17.7 Å². The van der Waals surface area contributed by atoms with Crippen molar-refractivity contribution in [3.8, 4) is 11.6 Å². The first kappa shape index (κ1) is 15.0. The lowest BCUT2D eigenvalue weighted by atomic mass is 10.3. The molecular weight excluding hydrogens is 309 g/mol. The predicted molar refractivity (Wildman–Crippen MR) is 68.5 cm³/mol. The van der Waals surface area contributed by atoms with Crippen LogP contribution in [0.4, 0.5) is 18.9 Å². The standard InChI is InChI=1S/C13H6ClF3N2O2/c14-11-4-8(13(15,16)17)6-18-12(11)21-10-3-1-2-9(5-10)19-7-20/h1-6H. The van der Waals surface area contributed by atoms with Crippen LogP contribution in [0.1, 0.15) is 5.56 Å². The summed E-state index contributed by atoms with van der Waals surface area (Å²) < 4.78 is 42.7. The van der Waals surface area contributed by atoms with Crippen molar-refractivity contribution in [1.82, 2.24) is 4.98 Å². The van der Waals surface area contributed by atoms with E-state index in [1.165, 1.54) is 24.3 Å². The number of halogens is 4. The largest absolute Gasteiger partial charge is 0.437 e. The summed E-state index contributed by atoms with van der Waals surface area (Å²) in [5.74, 6) is 0.0394. The number of ether oxygens (including phenoxy) is 1. The summed E-state index contributed by atoms with van der Waals surface area (Å²) in [6, 6.07) is 6.69. The third-order valence-corrected chi connectivity index (χ3v) is 2.61. The molecule has 0 atom stereocenters. The van der Waals surface area contributed by atoms with Crippen LogP contribution in [0.2, 0.25) is 5.02 Å². The van der Waals surface area contributed by atoms with Crippen LogP contribution in [0.5, 0.6) is 11.6 Å². The smallest absolute Gasteiger partial charge is 0.417 e. The van der Waals surface area contributed by atoms with Crippen molar-refractivity contribution >= 4 is 23.4 Å². The monoisotopic (exact) mass is 314 g/mol. The third-order valence-electron chi connectivity index (χ3n) is 2.34. The molecule has 0 aliphatic carbocycles. The van der Waals surface area contributed by atoms with Crippen molar-refractivity contribution in [2.24, 2.45) is 4.99 Å². The summed E-state index contributed by atoms with van der Waals surface area (Å²) >= 11 is 5.71. The number of benzene rings is 1. The SMILES string of the molecule is O=C=Nc1cccc(Oc2ncc(C(F)(F)F)cc2Cl)c1. The highest BCUT2D eigenvalue weighted by Crippen LogP contribution is 2.35. The number of hydrogen-bond donors (Lipinski definition) is 0. The van der Waals surface area contributed by atoms with Gasteiger partial charge >= 0.3 is 6.18 Å². The van der Waals surface area contributed by atoms with Gasteiger partial charge in [-0.05, 0) is 18.2 Å². The Kier molecular flexibility index (Phi) is 4.26. The summed E-state index contributed by atoms with van der Waals surface area (Å²) in [5.41, 5.74) is -0.690. The van der Waals surface area contributed by atoms with Gasteiger partial charge in [-0.15, -0.1) is 0 Å².